The number of ether oxygens (including phenoxy) is 2. The molecule has 0 radical (unpaired) electrons. The average Bonchev–Trinajstić information content (AvgIpc) is 3.22. The van der Waals surface area contributed by atoms with Gasteiger partial charge in [0.1, 0.15) is 6.10 Å². The molecule has 0 bridgehead atoms. The second-order valence-electron chi connectivity index (χ2n) is 17.6. The molecule has 8 nitrogen and oxygen atoms in total. The molecule has 6 fully saturated rings. The van der Waals surface area contributed by atoms with Crippen molar-refractivity contribution < 1.29 is 39.5 Å². The van der Waals surface area contributed by atoms with Crippen LogP contribution in [0.4, 0.5) is 0 Å². The molecule has 5 aliphatic carbocycles. The number of carboxylic acid groups (broad SMARTS) is 1. The van der Waals surface area contributed by atoms with Gasteiger partial charge >= 0.3 is 11.9 Å². The maximum atomic E-state index is 12.7. The number of carboxylic acids is 1. The van der Waals surface area contributed by atoms with Gasteiger partial charge in [-0.25, -0.2) is 0 Å². The Hall–Kier alpha value is -1.22. The number of rotatable bonds is 7. The predicted octanol–water partition coefficient (Wildman–Crippen LogP) is 5.24. The highest BCUT2D eigenvalue weighted by molar-refractivity contribution is 5.71. The van der Waals surface area contributed by atoms with Crippen molar-refractivity contribution in [3.63, 3.8) is 0 Å². The Kier molecular flexibility index (Phi) is 7.12. The summed E-state index contributed by atoms with van der Waals surface area (Å²) in [4.78, 5) is 23.6. The Morgan fingerprint density at radius 1 is 0.884 bits per heavy atom. The summed E-state index contributed by atoms with van der Waals surface area (Å²) in [5.41, 5.74) is -2.00. The maximum Gasteiger partial charge on any atom is 0.306 e. The van der Waals surface area contributed by atoms with Gasteiger partial charge in [-0.2, -0.15) is 0 Å². The Bertz CT molecular complexity index is 1160. The molecule has 6 rings (SSSR count). The molecule has 1 saturated heterocycles. The fourth-order valence-electron chi connectivity index (χ4n) is 12.9. The van der Waals surface area contributed by atoms with E-state index in [1.807, 2.05) is 13.8 Å². The molecule has 244 valence electrons. The lowest BCUT2D eigenvalue weighted by atomic mass is 9.41. The summed E-state index contributed by atoms with van der Waals surface area (Å²) in [5, 5.41) is 43.6. The molecule has 12 atom stereocenters. The molecule has 0 aromatic heterocycles. The number of carbonyl (C=O) groups excluding carboxylic acids is 1. The third-order valence-corrected chi connectivity index (χ3v) is 14.8. The Balaban J connectivity index is 1.25. The minimum atomic E-state index is -0.927. The van der Waals surface area contributed by atoms with E-state index in [1.54, 1.807) is 0 Å². The van der Waals surface area contributed by atoms with Crippen LogP contribution in [0.25, 0.3) is 0 Å². The number of fused-ring (bicyclic) bond motifs is 2. The molecule has 0 amide bonds. The van der Waals surface area contributed by atoms with Gasteiger partial charge in [-0.15, -0.1) is 0 Å². The number of hydrogen-bond acceptors (Lipinski definition) is 7. The lowest BCUT2D eigenvalue weighted by Gasteiger charge is -2.64. The number of aliphatic carboxylic acids is 1. The third kappa shape index (κ3) is 4.27. The molecule has 4 N–H and O–H groups in total. The largest absolute Gasteiger partial charge is 0.481 e. The van der Waals surface area contributed by atoms with Crippen molar-refractivity contribution in [3.8, 4) is 0 Å². The van der Waals surface area contributed by atoms with Crippen molar-refractivity contribution in [2.24, 2.45) is 44.8 Å². The highest BCUT2D eigenvalue weighted by Crippen LogP contribution is 2.89. The van der Waals surface area contributed by atoms with Gasteiger partial charge in [0, 0.05) is 24.2 Å². The van der Waals surface area contributed by atoms with Crippen molar-refractivity contribution in [1.29, 1.82) is 0 Å². The first kappa shape index (κ1) is 31.7. The molecular formula is C35H56O8. The van der Waals surface area contributed by atoms with E-state index in [0.29, 0.717) is 18.8 Å². The third-order valence-electron chi connectivity index (χ3n) is 14.8. The van der Waals surface area contributed by atoms with E-state index in [1.165, 1.54) is 0 Å². The molecule has 3 unspecified atom stereocenters. The molecule has 2 spiro atoms. The molecule has 8 heteroatoms. The van der Waals surface area contributed by atoms with Crippen LogP contribution in [0.2, 0.25) is 0 Å². The number of esters is 1. The predicted molar refractivity (Wildman–Crippen MR) is 160 cm³/mol. The van der Waals surface area contributed by atoms with E-state index >= 15 is 0 Å². The average molecular weight is 605 g/mol. The standard InChI is InChI=1S/C35H56O8/c1-29(2)23(42-26(40)10-8-9-25(38)39)12-14-35-19-34(35)16-15-31(5)28(33(7)13-11-24(43-33)30(3,4)41)21(37)18-32(31,6)22(34)17-20(36)27(29)35/h20-24,27-28,36-37,41H,8-19H2,1-7H3,(H,38,39)/t20-,21-,22?,23-,24-,27-,28-,31+,32-,33+,34?,35?/m0/s1. The highest BCUT2D eigenvalue weighted by Gasteiger charge is 2.85. The summed E-state index contributed by atoms with van der Waals surface area (Å²) in [5.74, 6) is -0.962. The zero-order chi connectivity index (χ0) is 31.6. The maximum absolute atomic E-state index is 12.7. The smallest absolute Gasteiger partial charge is 0.306 e. The minimum absolute atomic E-state index is 0.0121. The SMILES string of the molecule is CC(C)(O)[C@@H]1CC[C@](C)([C@H]2[C@@H](O)C[C@@]3(C)C4C[C@H](O)[C@H]5C(C)(C)[C@@H](OC(=O)CCCC(=O)O)CCC56CC46CC[C@]23C)O1. The second-order valence-corrected chi connectivity index (χ2v) is 17.6. The van der Waals surface area contributed by atoms with E-state index in [0.717, 1.165) is 44.9 Å². The summed E-state index contributed by atoms with van der Waals surface area (Å²) >= 11 is 0. The minimum Gasteiger partial charge on any atom is -0.481 e. The van der Waals surface area contributed by atoms with Crippen LogP contribution < -0.4 is 0 Å². The zero-order valence-electron chi connectivity index (χ0n) is 27.4. The van der Waals surface area contributed by atoms with Crippen LogP contribution in [-0.4, -0.2) is 68.0 Å². The van der Waals surface area contributed by atoms with Crippen molar-refractivity contribution >= 4 is 11.9 Å². The Morgan fingerprint density at radius 2 is 1.58 bits per heavy atom. The van der Waals surface area contributed by atoms with Gasteiger partial charge in [-0.05, 0) is 118 Å². The van der Waals surface area contributed by atoms with Crippen LogP contribution in [0.1, 0.15) is 126 Å². The molecule has 43 heavy (non-hydrogen) atoms. The lowest BCUT2D eigenvalue weighted by molar-refractivity contribution is -0.218. The summed E-state index contributed by atoms with van der Waals surface area (Å²) < 4.78 is 12.7. The van der Waals surface area contributed by atoms with Gasteiger partial charge < -0.3 is 29.9 Å². The van der Waals surface area contributed by atoms with E-state index in [2.05, 4.69) is 34.6 Å². The van der Waals surface area contributed by atoms with Gasteiger partial charge in [0.25, 0.3) is 0 Å². The van der Waals surface area contributed by atoms with Gasteiger partial charge in [-0.1, -0.05) is 27.7 Å². The van der Waals surface area contributed by atoms with E-state index < -0.39 is 34.8 Å². The normalized spacial score (nSPS) is 51.5. The van der Waals surface area contributed by atoms with Crippen molar-refractivity contribution in [1.82, 2.24) is 0 Å². The molecule has 5 saturated carbocycles. The quantitative estimate of drug-likeness (QED) is 0.290. The monoisotopic (exact) mass is 604 g/mol. The van der Waals surface area contributed by atoms with Crippen LogP contribution in [0.3, 0.4) is 0 Å². The summed E-state index contributed by atoms with van der Waals surface area (Å²) in [6.07, 6.45) is 6.67. The number of aliphatic hydroxyl groups is 3. The fraction of sp³-hybridized carbons (Fsp3) is 0.943. The van der Waals surface area contributed by atoms with Gasteiger partial charge in [-0.3, -0.25) is 9.59 Å². The number of carbonyl (C=O) groups is 2. The van der Waals surface area contributed by atoms with E-state index in [4.69, 9.17) is 14.6 Å². The van der Waals surface area contributed by atoms with Crippen molar-refractivity contribution in [2.75, 3.05) is 0 Å². The molecule has 1 heterocycles. The summed E-state index contributed by atoms with van der Waals surface area (Å²) in [6, 6.07) is 0. The van der Waals surface area contributed by atoms with E-state index in [9.17, 15) is 24.9 Å². The van der Waals surface area contributed by atoms with Gasteiger partial charge in [0.2, 0.25) is 0 Å². The molecule has 1 aliphatic heterocycles. The topological polar surface area (TPSA) is 134 Å². The zero-order valence-corrected chi connectivity index (χ0v) is 27.4. The molecule has 0 aromatic rings. The highest BCUT2D eigenvalue weighted by atomic mass is 16.5. The van der Waals surface area contributed by atoms with E-state index in [-0.39, 0.29) is 70.9 Å². The summed E-state index contributed by atoms with van der Waals surface area (Å²) in [6.45, 7) is 14.9. The van der Waals surface area contributed by atoms with Crippen LogP contribution in [-0.2, 0) is 19.1 Å². The van der Waals surface area contributed by atoms with Crippen LogP contribution in [0.15, 0.2) is 0 Å². The van der Waals surface area contributed by atoms with Crippen LogP contribution in [0.5, 0.6) is 0 Å². The molecule has 0 aromatic carbocycles. The van der Waals surface area contributed by atoms with Crippen molar-refractivity contribution in [3.05, 3.63) is 0 Å². The molecule has 6 aliphatic rings. The van der Waals surface area contributed by atoms with Gasteiger partial charge in [0.05, 0.1) is 29.5 Å². The first-order chi connectivity index (χ1) is 19.8. The first-order valence-corrected chi connectivity index (χ1v) is 17.0. The fourth-order valence-corrected chi connectivity index (χ4v) is 12.9. The van der Waals surface area contributed by atoms with Crippen LogP contribution >= 0.6 is 0 Å². The lowest BCUT2D eigenvalue weighted by Crippen LogP contribution is -2.62. The Morgan fingerprint density at radius 3 is 2.21 bits per heavy atom. The Labute approximate surface area is 257 Å². The number of hydrogen-bond donors (Lipinski definition) is 4. The second kappa shape index (κ2) is 9.65. The van der Waals surface area contributed by atoms with Crippen molar-refractivity contribution in [2.45, 2.75) is 161 Å². The molecular weight excluding hydrogens is 548 g/mol. The van der Waals surface area contributed by atoms with Gasteiger partial charge in [0.15, 0.2) is 0 Å². The number of aliphatic hydroxyl groups excluding tert-OH is 2. The summed E-state index contributed by atoms with van der Waals surface area (Å²) in [7, 11) is 0. The van der Waals surface area contributed by atoms with Crippen LogP contribution in [0, 0.1) is 44.8 Å². The first-order valence-electron chi connectivity index (χ1n) is 17.0.